The van der Waals surface area contributed by atoms with Gasteiger partial charge >= 0.3 is 0 Å². The molecule has 0 spiro atoms. The smallest absolute Gasteiger partial charge is 0.235 e. The fourth-order valence-electron chi connectivity index (χ4n) is 2.46. The molecule has 1 aliphatic rings. The van der Waals surface area contributed by atoms with Crippen LogP contribution in [0.15, 0.2) is 0 Å². The quantitative estimate of drug-likeness (QED) is 0.741. The first-order valence-corrected chi connectivity index (χ1v) is 6.85. The first-order valence-electron chi connectivity index (χ1n) is 6.44. The van der Waals surface area contributed by atoms with Crippen LogP contribution in [0.5, 0.6) is 0 Å². The number of hydrogen-bond donors (Lipinski definition) is 1. The highest BCUT2D eigenvalue weighted by molar-refractivity contribution is 7.80. The van der Waals surface area contributed by atoms with E-state index in [-0.39, 0.29) is 5.91 Å². The van der Waals surface area contributed by atoms with Crippen LogP contribution in [0.25, 0.3) is 0 Å². The zero-order valence-electron chi connectivity index (χ0n) is 11.3. The van der Waals surface area contributed by atoms with Crippen LogP contribution in [0.1, 0.15) is 40.0 Å². The number of hydrogen-bond acceptors (Lipinski definition) is 2. The molecule has 0 aromatic heterocycles. The molecule has 0 aromatic rings. The Morgan fingerprint density at radius 2 is 1.94 bits per heavy atom. The van der Waals surface area contributed by atoms with Gasteiger partial charge in [0.25, 0.3) is 0 Å². The van der Waals surface area contributed by atoms with Gasteiger partial charge in [-0.1, -0.05) is 33.0 Å². The van der Waals surface area contributed by atoms with Crippen molar-refractivity contribution in [2.75, 3.05) is 13.6 Å². The van der Waals surface area contributed by atoms with E-state index in [1.165, 1.54) is 6.42 Å². The highest BCUT2D eigenvalue weighted by atomic mass is 32.1. The second-order valence-electron chi connectivity index (χ2n) is 5.31. The summed E-state index contributed by atoms with van der Waals surface area (Å²) in [6.45, 7) is 7.02. The van der Waals surface area contributed by atoms with E-state index in [1.54, 1.807) is 0 Å². The molecule has 0 radical (unpaired) electrons. The average molecular weight is 256 g/mol. The molecule has 1 saturated carbocycles. The fourth-order valence-corrected chi connectivity index (χ4v) is 2.84. The van der Waals surface area contributed by atoms with E-state index in [0.717, 1.165) is 12.5 Å². The summed E-state index contributed by atoms with van der Waals surface area (Å²) in [5.41, 5.74) is 5.15. The van der Waals surface area contributed by atoms with Crippen molar-refractivity contribution in [1.82, 2.24) is 4.90 Å². The lowest BCUT2D eigenvalue weighted by Gasteiger charge is -2.33. The van der Waals surface area contributed by atoms with Crippen LogP contribution in [-0.4, -0.2) is 29.4 Å². The summed E-state index contributed by atoms with van der Waals surface area (Å²) in [6, 6.07) is 0. The van der Waals surface area contributed by atoms with Gasteiger partial charge in [-0.25, -0.2) is 0 Å². The third kappa shape index (κ3) is 2.79. The van der Waals surface area contributed by atoms with Crippen molar-refractivity contribution in [2.24, 2.45) is 23.0 Å². The number of thiocarbonyl (C=S) groups is 1. The first kappa shape index (κ1) is 14.4. The van der Waals surface area contributed by atoms with E-state index in [0.29, 0.717) is 23.7 Å². The van der Waals surface area contributed by atoms with Gasteiger partial charge in [0.1, 0.15) is 0 Å². The number of nitrogens with two attached hydrogens (primary N) is 1. The summed E-state index contributed by atoms with van der Waals surface area (Å²) < 4.78 is 0. The van der Waals surface area contributed by atoms with Gasteiger partial charge in [0.05, 0.1) is 10.4 Å². The Labute approximate surface area is 110 Å². The maximum Gasteiger partial charge on any atom is 0.235 e. The zero-order valence-corrected chi connectivity index (χ0v) is 12.1. The van der Waals surface area contributed by atoms with Crippen LogP contribution in [0.4, 0.5) is 0 Å². The zero-order chi connectivity index (χ0) is 13.2. The topological polar surface area (TPSA) is 46.3 Å². The van der Waals surface area contributed by atoms with Crippen molar-refractivity contribution in [1.29, 1.82) is 0 Å². The molecule has 0 heterocycles. The summed E-state index contributed by atoms with van der Waals surface area (Å²) in [4.78, 5) is 14.7. The van der Waals surface area contributed by atoms with Gasteiger partial charge in [0.2, 0.25) is 5.91 Å². The Hall–Kier alpha value is -0.640. The number of rotatable bonds is 6. The molecule has 4 heteroatoms. The Balaban J connectivity index is 2.73. The molecule has 1 aliphatic carbocycles. The maximum absolute atomic E-state index is 12.5. The molecular formula is C13H24N2OS. The third-order valence-electron chi connectivity index (χ3n) is 4.22. The highest BCUT2D eigenvalue weighted by Crippen LogP contribution is 2.39. The first-order chi connectivity index (χ1) is 7.89. The normalized spacial score (nSPS) is 23.3. The van der Waals surface area contributed by atoms with Gasteiger partial charge < -0.3 is 10.6 Å². The van der Waals surface area contributed by atoms with Crippen LogP contribution < -0.4 is 5.73 Å². The second-order valence-corrected chi connectivity index (χ2v) is 5.75. The lowest BCUT2D eigenvalue weighted by atomic mass is 9.80. The largest absolute Gasteiger partial charge is 0.392 e. The molecule has 0 bridgehead atoms. The Morgan fingerprint density at radius 3 is 2.24 bits per heavy atom. The Kier molecular flexibility index (Phi) is 4.53. The molecule has 2 unspecified atom stereocenters. The minimum absolute atomic E-state index is 0.0918. The predicted octanol–water partition coefficient (Wildman–Crippen LogP) is 2.19. The lowest BCUT2D eigenvalue weighted by molar-refractivity contribution is -0.137. The van der Waals surface area contributed by atoms with Gasteiger partial charge in [0, 0.05) is 13.6 Å². The summed E-state index contributed by atoms with van der Waals surface area (Å²) in [5, 5.41) is 0. The van der Waals surface area contributed by atoms with E-state index in [4.69, 9.17) is 18.0 Å². The van der Waals surface area contributed by atoms with Gasteiger partial charge in [-0.15, -0.1) is 0 Å². The van der Waals surface area contributed by atoms with E-state index in [2.05, 4.69) is 6.92 Å². The Morgan fingerprint density at radius 1 is 1.47 bits per heavy atom. The van der Waals surface area contributed by atoms with E-state index >= 15 is 0 Å². The van der Waals surface area contributed by atoms with Gasteiger partial charge in [0.15, 0.2) is 0 Å². The molecule has 0 aromatic carbocycles. The van der Waals surface area contributed by atoms with Gasteiger partial charge in [-0.05, 0) is 31.1 Å². The van der Waals surface area contributed by atoms with E-state index in [1.807, 2.05) is 25.8 Å². The van der Waals surface area contributed by atoms with Crippen molar-refractivity contribution in [3.8, 4) is 0 Å². The number of carbonyl (C=O) groups is 1. The third-order valence-corrected chi connectivity index (χ3v) is 4.61. The summed E-state index contributed by atoms with van der Waals surface area (Å²) in [5.74, 6) is 1.52. The average Bonchev–Trinajstić information content (AvgIpc) is 2.96. The lowest BCUT2D eigenvalue weighted by Crippen LogP contribution is -2.49. The van der Waals surface area contributed by atoms with E-state index in [9.17, 15) is 4.79 Å². The Bertz CT molecular complexity index is 313. The molecule has 98 valence electrons. The van der Waals surface area contributed by atoms with Crippen LogP contribution in [0.2, 0.25) is 0 Å². The molecular weight excluding hydrogens is 232 g/mol. The van der Waals surface area contributed by atoms with Gasteiger partial charge in [-0.2, -0.15) is 0 Å². The molecule has 0 aliphatic heterocycles. The molecule has 2 N–H and O–H groups in total. The van der Waals surface area contributed by atoms with Crippen molar-refractivity contribution in [3.05, 3.63) is 0 Å². The molecule has 3 nitrogen and oxygen atoms in total. The highest BCUT2D eigenvalue weighted by Gasteiger charge is 2.42. The SMILES string of the molecule is CCC(CC)(C(=O)N(C)CC1CC1C)C(N)=S. The molecule has 17 heavy (non-hydrogen) atoms. The summed E-state index contributed by atoms with van der Waals surface area (Å²) in [7, 11) is 1.87. The predicted molar refractivity (Wildman–Crippen MR) is 74.7 cm³/mol. The monoisotopic (exact) mass is 256 g/mol. The van der Waals surface area contributed by atoms with Crippen LogP contribution in [0.3, 0.4) is 0 Å². The molecule has 1 amide bonds. The van der Waals surface area contributed by atoms with Crippen molar-refractivity contribution in [3.63, 3.8) is 0 Å². The second kappa shape index (κ2) is 5.34. The minimum Gasteiger partial charge on any atom is -0.392 e. The molecule has 0 saturated heterocycles. The van der Waals surface area contributed by atoms with Crippen molar-refractivity contribution >= 4 is 23.1 Å². The fraction of sp³-hybridized carbons (Fsp3) is 0.846. The van der Waals surface area contributed by atoms with Crippen LogP contribution in [-0.2, 0) is 4.79 Å². The van der Waals surface area contributed by atoms with Gasteiger partial charge in [-0.3, -0.25) is 4.79 Å². The van der Waals surface area contributed by atoms with Crippen molar-refractivity contribution < 1.29 is 4.79 Å². The summed E-state index contributed by atoms with van der Waals surface area (Å²) in [6.07, 6.45) is 2.60. The molecule has 1 rings (SSSR count). The van der Waals surface area contributed by atoms with Crippen LogP contribution >= 0.6 is 12.2 Å². The van der Waals surface area contributed by atoms with Crippen molar-refractivity contribution in [2.45, 2.75) is 40.0 Å². The minimum atomic E-state index is -0.637. The number of amides is 1. The molecule has 1 fully saturated rings. The standard InChI is InChI=1S/C13H24N2OS/c1-5-13(6-2,11(14)17)12(16)15(4)8-10-7-9(10)3/h9-10H,5-8H2,1-4H3,(H2,14,17). The number of carbonyl (C=O) groups excluding carboxylic acids is 1. The maximum atomic E-state index is 12.5. The molecule has 2 atom stereocenters. The summed E-state index contributed by atoms with van der Waals surface area (Å²) >= 11 is 5.11. The van der Waals surface area contributed by atoms with Crippen LogP contribution in [0, 0.1) is 17.3 Å². The van der Waals surface area contributed by atoms with E-state index < -0.39 is 5.41 Å². The number of nitrogens with zero attached hydrogens (tertiary/aromatic N) is 1.